The van der Waals surface area contributed by atoms with Gasteiger partial charge in [0.1, 0.15) is 5.75 Å². The van der Waals surface area contributed by atoms with Gasteiger partial charge in [-0.2, -0.15) is 0 Å². The molecule has 1 aliphatic rings. The molecule has 2 aromatic rings. The maximum absolute atomic E-state index is 12.2. The number of ether oxygens (including phenoxy) is 3. The Morgan fingerprint density at radius 3 is 2.85 bits per heavy atom. The summed E-state index contributed by atoms with van der Waals surface area (Å²) >= 11 is 5.90. The number of nitrogens with one attached hydrogen (secondary N) is 2. The van der Waals surface area contributed by atoms with Gasteiger partial charge in [0.15, 0.2) is 11.5 Å². The molecule has 2 aromatic carbocycles. The van der Waals surface area contributed by atoms with Crippen molar-refractivity contribution in [2.24, 2.45) is 0 Å². The summed E-state index contributed by atoms with van der Waals surface area (Å²) in [6.45, 7) is 2.35. The highest BCUT2D eigenvalue weighted by Gasteiger charge is 2.21. The number of amides is 2. The second kappa shape index (κ2) is 8.64. The molecule has 2 amide bonds. The first-order chi connectivity index (χ1) is 13.0. The van der Waals surface area contributed by atoms with Crippen LogP contribution in [0, 0.1) is 6.92 Å². The van der Waals surface area contributed by atoms with E-state index in [0.29, 0.717) is 35.1 Å². The first-order valence-electron chi connectivity index (χ1n) is 8.41. The van der Waals surface area contributed by atoms with Crippen molar-refractivity contribution in [3.63, 3.8) is 0 Å². The minimum Gasteiger partial charge on any atom is -0.493 e. The third kappa shape index (κ3) is 4.83. The molecule has 0 spiro atoms. The van der Waals surface area contributed by atoms with Gasteiger partial charge in [0.25, 0.3) is 5.91 Å². The zero-order valence-electron chi connectivity index (χ0n) is 14.7. The van der Waals surface area contributed by atoms with E-state index < -0.39 is 5.91 Å². The van der Waals surface area contributed by atoms with Crippen molar-refractivity contribution >= 4 is 23.4 Å². The molecular formula is C19H19ClN2O5. The lowest BCUT2D eigenvalue weighted by Crippen LogP contribution is -2.41. The molecule has 0 saturated carbocycles. The average molecular weight is 391 g/mol. The second-order valence-electron chi connectivity index (χ2n) is 5.90. The molecule has 0 fully saturated rings. The first-order valence-corrected chi connectivity index (χ1v) is 8.79. The molecule has 7 nitrogen and oxygen atoms in total. The van der Waals surface area contributed by atoms with Crippen molar-refractivity contribution < 1.29 is 23.8 Å². The first kappa shape index (κ1) is 18.8. The fraction of sp³-hybridized carbons (Fsp3) is 0.263. The number of fused-ring (bicyclic) bond motifs is 1. The van der Waals surface area contributed by atoms with E-state index in [4.69, 9.17) is 25.8 Å². The van der Waals surface area contributed by atoms with E-state index in [1.165, 1.54) is 0 Å². The van der Waals surface area contributed by atoms with Crippen molar-refractivity contribution in [2.75, 3.05) is 13.4 Å². The minimum absolute atomic E-state index is 0.0685. The van der Waals surface area contributed by atoms with Crippen molar-refractivity contribution in [3.8, 4) is 17.2 Å². The summed E-state index contributed by atoms with van der Waals surface area (Å²) in [7, 11) is 0. The van der Waals surface area contributed by atoms with Crippen molar-refractivity contribution in [1.29, 1.82) is 0 Å². The molecule has 0 bridgehead atoms. The minimum atomic E-state index is -0.473. The van der Waals surface area contributed by atoms with E-state index in [1.54, 1.807) is 30.3 Å². The Hall–Kier alpha value is -2.93. The van der Waals surface area contributed by atoms with Gasteiger partial charge >= 0.3 is 0 Å². The summed E-state index contributed by atoms with van der Waals surface area (Å²) < 4.78 is 16.1. The topological polar surface area (TPSA) is 85.9 Å². The van der Waals surface area contributed by atoms with E-state index in [0.717, 1.165) is 11.3 Å². The SMILES string of the molecule is Cc1cc(Cl)ccc1OCCCC(=O)NNC(=O)c1cccc2c1OCO2. The monoisotopic (exact) mass is 390 g/mol. The number of carbonyl (C=O) groups is 2. The van der Waals surface area contributed by atoms with Gasteiger partial charge < -0.3 is 14.2 Å². The summed E-state index contributed by atoms with van der Waals surface area (Å²) in [5, 5.41) is 0.649. The van der Waals surface area contributed by atoms with Crippen LogP contribution in [0.4, 0.5) is 0 Å². The highest BCUT2D eigenvalue weighted by Crippen LogP contribution is 2.35. The van der Waals surface area contributed by atoms with Crippen LogP contribution in [0.5, 0.6) is 17.2 Å². The fourth-order valence-electron chi connectivity index (χ4n) is 2.55. The van der Waals surface area contributed by atoms with Gasteiger partial charge in [-0.1, -0.05) is 17.7 Å². The second-order valence-corrected chi connectivity index (χ2v) is 6.34. The van der Waals surface area contributed by atoms with Crippen LogP contribution in [0.3, 0.4) is 0 Å². The molecule has 27 heavy (non-hydrogen) atoms. The van der Waals surface area contributed by atoms with Gasteiger partial charge in [0.2, 0.25) is 12.7 Å². The lowest BCUT2D eigenvalue weighted by atomic mass is 10.2. The molecule has 142 valence electrons. The van der Waals surface area contributed by atoms with Crippen LogP contribution in [0.15, 0.2) is 36.4 Å². The molecule has 3 rings (SSSR count). The largest absolute Gasteiger partial charge is 0.493 e. The lowest BCUT2D eigenvalue weighted by molar-refractivity contribution is -0.122. The van der Waals surface area contributed by atoms with Crippen molar-refractivity contribution in [2.45, 2.75) is 19.8 Å². The molecule has 1 heterocycles. The number of benzene rings is 2. The van der Waals surface area contributed by atoms with Gasteiger partial charge in [-0.3, -0.25) is 20.4 Å². The van der Waals surface area contributed by atoms with E-state index in [-0.39, 0.29) is 19.1 Å². The van der Waals surface area contributed by atoms with Gasteiger partial charge in [-0.15, -0.1) is 0 Å². The molecule has 0 aliphatic carbocycles. The number of halogens is 1. The Labute approximate surface area is 161 Å². The number of carbonyl (C=O) groups excluding carboxylic acids is 2. The van der Waals surface area contributed by atoms with E-state index in [9.17, 15) is 9.59 Å². The molecule has 1 aliphatic heterocycles. The average Bonchev–Trinajstić information content (AvgIpc) is 3.13. The van der Waals surface area contributed by atoms with Gasteiger partial charge in [0.05, 0.1) is 12.2 Å². The zero-order chi connectivity index (χ0) is 19.2. The number of hydrogen-bond donors (Lipinski definition) is 2. The van der Waals surface area contributed by atoms with Crippen LogP contribution in [0.1, 0.15) is 28.8 Å². The smallest absolute Gasteiger partial charge is 0.273 e. The quantitative estimate of drug-likeness (QED) is 0.585. The molecule has 8 heteroatoms. The fourth-order valence-corrected chi connectivity index (χ4v) is 2.78. The number of aryl methyl sites for hydroxylation is 1. The highest BCUT2D eigenvalue weighted by molar-refractivity contribution is 6.30. The Morgan fingerprint density at radius 1 is 1.19 bits per heavy atom. The molecular weight excluding hydrogens is 372 g/mol. The van der Waals surface area contributed by atoms with Crippen LogP contribution in [-0.4, -0.2) is 25.2 Å². The zero-order valence-corrected chi connectivity index (χ0v) is 15.5. The standard InChI is InChI=1S/C19H19ClN2O5/c1-12-10-13(20)7-8-15(12)25-9-3-6-17(23)21-22-19(24)14-4-2-5-16-18(14)27-11-26-16/h2,4-5,7-8,10H,3,6,9,11H2,1H3,(H,21,23)(H,22,24). The molecule has 0 atom stereocenters. The third-order valence-corrected chi connectivity index (χ3v) is 4.13. The maximum Gasteiger partial charge on any atom is 0.273 e. The number of hydrazine groups is 1. The molecule has 0 aromatic heterocycles. The van der Waals surface area contributed by atoms with Crippen molar-refractivity contribution in [1.82, 2.24) is 10.9 Å². The van der Waals surface area contributed by atoms with Gasteiger partial charge in [-0.25, -0.2) is 0 Å². The Balaban J connectivity index is 1.40. The molecule has 0 saturated heterocycles. The summed E-state index contributed by atoms with van der Waals surface area (Å²) in [6, 6.07) is 10.3. The predicted molar refractivity (Wildman–Crippen MR) is 99.1 cm³/mol. The predicted octanol–water partition coefficient (Wildman–Crippen LogP) is 3.00. The summed E-state index contributed by atoms with van der Waals surface area (Å²) in [5.41, 5.74) is 5.98. The van der Waals surface area contributed by atoms with E-state index >= 15 is 0 Å². The number of rotatable bonds is 6. The van der Waals surface area contributed by atoms with Gasteiger partial charge in [-0.05, 0) is 49.2 Å². The summed E-state index contributed by atoms with van der Waals surface area (Å²) in [6.07, 6.45) is 0.709. The van der Waals surface area contributed by atoms with Crippen LogP contribution < -0.4 is 25.1 Å². The Bertz CT molecular complexity index is 856. The van der Waals surface area contributed by atoms with Crippen LogP contribution in [0.25, 0.3) is 0 Å². The van der Waals surface area contributed by atoms with Crippen molar-refractivity contribution in [3.05, 3.63) is 52.5 Å². The molecule has 2 N–H and O–H groups in total. The van der Waals surface area contributed by atoms with Crippen LogP contribution >= 0.6 is 11.6 Å². The van der Waals surface area contributed by atoms with Crippen LogP contribution in [0.2, 0.25) is 5.02 Å². The van der Waals surface area contributed by atoms with E-state index in [1.807, 2.05) is 13.0 Å². The number of para-hydroxylation sites is 1. The van der Waals surface area contributed by atoms with Crippen LogP contribution in [-0.2, 0) is 4.79 Å². The third-order valence-electron chi connectivity index (χ3n) is 3.90. The molecule has 0 radical (unpaired) electrons. The lowest BCUT2D eigenvalue weighted by Gasteiger charge is -2.10. The number of hydrogen-bond acceptors (Lipinski definition) is 5. The summed E-state index contributed by atoms with van der Waals surface area (Å²) in [5.74, 6) is 0.816. The Kier molecular flexibility index (Phi) is 6.03. The normalized spacial score (nSPS) is 11.8. The molecule has 0 unspecified atom stereocenters. The maximum atomic E-state index is 12.2. The highest BCUT2D eigenvalue weighted by atomic mass is 35.5. The summed E-state index contributed by atoms with van der Waals surface area (Å²) in [4.78, 5) is 24.1. The Morgan fingerprint density at radius 2 is 2.04 bits per heavy atom. The van der Waals surface area contributed by atoms with Gasteiger partial charge in [0, 0.05) is 11.4 Å². The van der Waals surface area contributed by atoms with E-state index in [2.05, 4.69) is 10.9 Å².